The van der Waals surface area contributed by atoms with Crippen LogP contribution in [0.3, 0.4) is 0 Å². The van der Waals surface area contributed by atoms with Crippen LogP contribution in [0, 0.1) is 11.7 Å². The average Bonchev–Trinajstić information content (AvgIpc) is 2.91. The van der Waals surface area contributed by atoms with Crippen molar-refractivity contribution in [2.75, 3.05) is 6.54 Å². The van der Waals surface area contributed by atoms with E-state index in [0.29, 0.717) is 11.0 Å². The van der Waals surface area contributed by atoms with E-state index in [4.69, 9.17) is 0 Å². The summed E-state index contributed by atoms with van der Waals surface area (Å²) in [6.07, 6.45) is 5.31. The minimum atomic E-state index is -0.520. The normalized spacial score (nSPS) is 12.2. The second-order valence-corrected chi connectivity index (χ2v) is 5.61. The lowest BCUT2D eigenvalue weighted by Crippen LogP contribution is -2.30. The second-order valence-electron chi connectivity index (χ2n) is 4.70. The van der Waals surface area contributed by atoms with Crippen molar-refractivity contribution in [1.82, 2.24) is 14.9 Å². The summed E-state index contributed by atoms with van der Waals surface area (Å²) < 4.78 is 16.2. The Morgan fingerprint density at radius 2 is 2.35 bits per heavy atom. The summed E-state index contributed by atoms with van der Waals surface area (Å²) in [6.45, 7) is 3.24. The summed E-state index contributed by atoms with van der Waals surface area (Å²) in [4.78, 5) is 15.9. The summed E-state index contributed by atoms with van der Waals surface area (Å²) >= 11 is 3.23. The van der Waals surface area contributed by atoms with Crippen molar-refractivity contribution in [3.8, 4) is 0 Å². The number of carbonyl (C=O) groups is 1. The van der Waals surface area contributed by atoms with Crippen LogP contribution in [0.25, 0.3) is 0 Å². The standard InChI is InChI=1S/C14H15BrFN3O/c1-10(8-19-5-4-17-9-19)7-18-14(20)12-6-11(15)2-3-13(12)16/h2-6,9-10H,7-8H2,1H3,(H,18,20). The number of rotatable bonds is 5. The van der Waals surface area contributed by atoms with E-state index < -0.39 is 11.7 Å². The Morgan fingerprint density at radius 3 is 3.05 bits per heavy atom. The molecule has 1 atom stereocenters. The Balaban J connectivity index is 1.90. The third-order valence-electron chi connectivity index (χ3n) is 2.87. The summed E-state index contributed by atoms with van der Waals surface area (Å²) in [7, 11) is 0. The Bertz CT molecular complexity index is 586. The lowest BCUT2D eigenvalue weighted by molar-refractivity contribution is 0.0942. The van der Waals surface area contributed by atoms with E-state index in [1.54, 1.807) is 18.6 Å². The average molecular weight is 340 g/mol. The number of nitrogens with one attached hydrogen (secondary N) is 1. The zero-order valence-corrected chi connectivity index (χ0v) is 12.6. The molecule has 6 heteroatoms. The molecule has 0 fully saturated rings. The van der Waals surface area contributed by atoms with Gasteiger partial charge in [-0.05, 0) is 24.1 Å². The summed E-state index contributed by atoms with van der Waals surface area (Å²) in [5.41, 5.74) is 0.0502. The van der Waals surface area contributed by atoms with Crippen molar-refractivity contribution in [2.24, 2.45) is 5.92 Å². The third-order valence-corrected chi connectivity index (χ3v) is 3.36. The molecule has 0 aliphatic rings. The van der Waals surface area contributed by atoms with Gasteiger partial charge >= 0.3 is 0 Å². The highest BCUT2D eigenvalue weighted by molar-refractivity contribution is 9.10. The largest absolute Gasteiger partial charge is 0.352 e. The molecule has 4 nitrogen and oxygen atoms in total. The molecule has 1 unspecified atom stereocenters. The Morgan fingerprint density at radius 1 is 1.55 bits per heavy atom. The molecule has 1 amide bonds. The molecule has 0 saturated heterocycles. The molecule has 0 radical (unpaired) electrons. The lowest BCUT2D eigenvalue weighted by atomic mass is 10.1. The van der Waals surface area contributed by atoms with Crippen LogP contribution in [0.1, 0.15) is 17.3 Å². The monoisotopic (exact) mass is 339 g/mol. The molecule has 20 heavy (non-hydrogen) atoms. The molecule has 0 bridgehead atoms. The lowest BCUT2D eigenvalue weighted by Gasteiger charge is -2.13. The summed E-state index contributed by atoms with van der Waals surface area (Å²) in [5, 5.41) is 2.75. The van der Waals surface area contributed by atoms with Gasteiger partial charge in [0.05, 0.1) is 11.9 Å². The minimum absolute atomic E-state index is 0.0502. The third kappa shape index (κ3) is 3.90. The molecule has 1 heterocycles. The van der Waals surface area contributed by atoms with Crippen LogP contribution in [0.4, 0.5) is 4.39 Å². The number of aromatic nitrogens is 2. The molecule has 1 aromatic carbocycles. The van der Waals surface area contributed by atoms with Gasteiger partial charge in [-0.25, -0.2) is 9.37 Å². The first-order valence-corrected chi connectivity index (χ1v) is 7.04. The Hall–Kier alpha value is -1.69. The van der Waals surface area contributed by atoms with Crippen LogP contribution in [-0.2, 0) is 6.54 Å². The minimum Gasteiger partial charge on any atom is -0.352 e. The predicted molar refractivity (Wildman–Crippen MR) is 77.8 cm³/mol. The van der Waals surface area contributed by atoms with Gasteiger partial charge in [0.25, 0.3) is 5.91 Å². The van der Waals surface area contributed by atoms with Crippen LogP contribution >= 0.6 is 15.9 Å². The van der Waals surface area contributed by atoms with Crippen molar-refractivity contribution in [3.05, 3.63) is 52.8 Å². The first-order valence-electron chi connectivity index (χ1n) is 6.25. The van der Waals surface area contributed by atoms with Crippen LogP contribution in [0.5, 0.6) is 0 Å². The number of hydrogen-bond donors (Lipinski definition) is 1. The van der Waals surface area contributed by atoms with Gasteiger partial charge in [-0.3, -0.25) is 4.79 Å². The van der Waals surface area contributed by atoms with Crippen LogP contribution in [-0.4, -0.2) is 22.0 Å². The molecule has 1 N–H and O–H groups in total. The first kappa shape index (κ1) is 14.7. The van der Waals surface area contributed by atoms with E-state index in [9.17, 15) is 9.18 Å². The number of hydrogen-bond acceptors (Lipinski definition) is 2. The van der Waals surface area contributed by atoms with Crippen molar-refractivity contribution < 1.29 is 9.18 Å². The van der Waals surface area contributed by atoms with Crippen LogP contribution in [0.2, 0.25) is 0 Å². The molecule has 0 saturated carbocycles. The van der Waals surface area contributed by atoms with Gasteiger partial charge in [0.2, 0.25) is 0 Å². The molecule has 0 spiro atoms. The maximum Gasteiger partial charge on any atom is 0.254 e. The highest BCUT2D eigenvalue weighted by atomic mass is 79.9. The highest BCUT2D eigenvalue weighted by Crippen LogP contribution is 2.15. The SMILES string of the molecule is CC(CNC(=O)c1cc(Br)ccc1F)Cn1ccnc1. The van der Waals surface area contributed by atoms with Gasteiger partial charge in [0.1, 0.15) is 5.82 Å². The Kier molecular flexibility index (Phi) is 4.89. The topological polar surface area (TPSA) is 46.9 Å². The fourth-order valence-corrected chi connectivity index (χ4v) is 2.21. The number of nitrogens with zero attached hydrogens (tertiary/aromatic N) is 2. The van der Waals surface area contributed by atoms with E-state index in [1.807, 2.05) is 17.7 Å². The Labute approximate surface area is 125 Å². The van der Waals surface area contributed by atoms with Gasteiger partial charge in [0.15, 0.2) is 0 Å². The summed E-state index contributed by atoms with van der Waals surface area (Å²) in [5.74, 6) is -0.697. The highest BCUT2D eigenvalue weighted by Gasteiger charge is 2.13. The molecule has 0 aliphatic carbocycles. The number of halogens is 2. The zero-order chi connectivity index (χ0) is 14.5. The zero-order valence-electron chi connectivity index (χ0n) is 11.0. The quantitative estimate of drug-likeness (QED) is 0.910. The predicted octanol–water partition coefficient (Wildman–Crippen LogP) is 2.85. The van der Waals surface area contributed by atoms with Crippen molar-refractivity contribution in [3.63, 3.8) is 0 Å². The first-order chi connectivity index (χ1) is 9.56. The maximum absolute atomic E-state index is 13.6. The molecular formula is C14H15BrFN3O. The van der Waals surface area contributed by atoms with Gasteiger partial charge < -0.3 is 9.88 Å². The van der Waals surface area contributed by atoms with Crippen molar-refractivity contribution in [2.45, 2.75) is 13.5 Å². The van der Waals surface area contributed by atoms with E-state index >= 15 is 0 Å². The van der Waals surface area contributed by atoms with E-state index in [2.05, 4.69) is 26.2 Å². The molecule has 2 rings (SSSR count). The fraction of sp³-hybridized carbons (Fsp3) is 0.286. The number of imidazole rings is 1. The maximum atomic E-state index is 13.6. The summed E-state index contributed by atoms with van der Waals surface area (Å²) in [6, 6.07) is 4.31. The van der Waals surface area contributed by atoms with Crippen molar-refractivity contribution in [1.29, 1.82) is 0 Å². The van der Waals surface area contributed by atoms with E-state index in [-0.39, 0.29) is 11.5 Å². The van der Waals surface area contributed by atoms with Gasteiger partial charge in [0, 0.05) is 30.0 Å². The molecular weight excluding hydrogens is 325 g/mol. The van der Waals surface area contributed by atoms with Gasteiger partial charge in [-0.1, -0.05) is 22.9 Å². The molecule has 1 aromatic heterocycles. The van der Waals surface area contributed by atoms with Gasteiger partial charge in [-0.2, -0.15) is 0 Å². The van der Waals surface area contributed by atoms with E-state index in [0.717, 1.165) is 6.54 Å². The molecule has 2 aromatic rings. The second kappa shape index (κ2) is 6.65. The smallest absolute Gasteiger partial charge is 0.254 e. The molecule has 106 valence electrons. The number of amides is 1. The van der Waals surface area contributed by atoms with E-state index in [1.165, 1.54) is 12.1 Å². The number of benzene rings is 1. The fourth-order valence-electron chi connectivity index (χ4n) is 1.85. The molecule has 0 aliphatic heterocycles. The van der Waals surface area contributed by atoms with Crippen LogP contribution in [0.15, 0.2) is 41.4 Å². The van der Waals surface area contributed by atoms with Crippen LogP contribution < -0.4 is 5.32 Å². The van der Waals surface area contributed by atoms with Crippen molar-refractivity contribution >= 4 is 21.8 Å². The van der Waals surface area contributed by atoms with Gasteiger partial charge in [-0.15, -0.1) is 0 Å². The number of carbonyl (C=O) groups excluding carboxylic acids is 1.